The Balaban J connectivity index is 1.82. The predicted octanol–water partition coefficient (Wildman–Crippen LogP) is 3.89. The van der Waals surface area contributed by atoms with Gasteiger partial charge in [0.2, 0.25) is 0 Å². The van der Waals surface area contributed by atoms with Gasteiger partial charge < -0.3 is 10.4 Å². The van der Waals surface area contributed by atoms with E-state index in [0.29, 0.717) is 11.3 Å². The van der Waals surface area contributed by atoms with Crippen LogP contribution in [0.25, 0.3) is 0 Å². The van der Waals surface area contributed by atoms with Gasteiger partial charge in [0, 0.05) is 16.1 Å². The first-order chi connectivity index (χ1) is 9.65. The van der Waals surface area contributed by atoms with Gasteiger partial charge in [-0.2, -0.15) is 0 Å². The van der Waals surface area contributed by atoms with Gasteiger partial charge in [-0.25, -0.2) is 0 Å². The number of hydrogen-bond acceptors (Lipinski definition) is 3. The predicted molar refractivity (Wildman–Crippen MR) is 81.8 cm³/mol. The number of phenols is 1. The smallest absolute Gasteiger partial charge is 0.265 e. The molecule has 0 saturated carbocycles. The standard InChI is InChI=1S/C16H17NO2S/c1-10-12(6-4-7-13(10)18)17-16(19)15-9-11-5-2-3-8-14(11)20-15/h4,6-7,9,18H,2-3,5,8H2,1H3,(H,17,19). The molecule has 4 heteroatoms. The number of benzene rings is 1. The number of anilines is 1. The van der Waals surface area contributed by atoms with Gasteiger partial charge in [0.15, 0.2) is 0 Å². The summed E-state index contributed by atoms with van der Waals surface area (Å²) in [6.45, 7) is 1.80. The summed E-state index contributed by atoms with van der Waals surface area (Å²) >= 11 is 1.60. The zero-order chi connectivity index (χ0) is 14.1. The molecule has 1 aliphatic carbocycles. The van der Waals surface area contributed by atoms with Gasteiger partial charge in [-0.15, -0.1) is 11.3 Å². The van der Waals surface area contributed by atoms with E-state index in [0.717, 1.165) is 17.7 Å². The van der Waals surface area contributed by atoms with Crippen molar-refractivity contribution in [1.82, 2.24) is 0 Å². The molecule has 1 amide bonds. The summed E-state index contributed by atoms with van der Waals surface area (Å²) in [6, 6.07) is 7.18. The maximum absolute atomic E-state index is 12.3. The highest BCUT2D eigenvalue weighted by Gasteiger charge is 2.17. The van der Waals surface area contributed by atoms with Crippen LogP contribution in [0.15, 0.2) is 24.3 Å². The minimum atomic E-state index is -0.0851. The quantitative estimate of drug-likeness (QED) is 0.880. The number of hydrogen-bond donors (Lipinski definition) is 2. The van der Waals surface area contributed by atoms with E-state index in [1.165, 1.54) is 23.3 Å². The number of phenolic OH excluding ortho intramolecular Hbond substituents is 1. The molecule has 3 nitrogen and oxygen atoms in total. The van der Waals surface area contributed by atoms with Crippen molar-refractivity contribution in [1.29, 1.82) is 0 Å². The molecular weight excluding hydrogens is 270 g/mol. The van der Waals surface area contributed by atoms with Crippen molar-refractivity contribution in [3.05, 3.63) is 45.1 Å². The molecule has 1 aliphatic rings. The van der Waals surface area contributed by atoms with Gasteiger partial charge in [-0.3, -0.25) is 4.79 Å². The van der Waals surface area contributed by atoms with Gasteiger partial charge >= 0.3 is 0 Å². The van der Waals surface area contributed by atoms with Gasteiger partial charge in [-0.05, 0) is 56.4 Å². The first kappa shape index (κ1) is 13.2. The van der Waals surface area contributed by atoms with Crippen LogP contribution in [0.4, 0.5) is 5.69 Å². The Kier molecular flexibility index (Phi) is 3.49. The summed E-state index contributed by atoms with van der Waals surface area (Å²) in [5, 5.41) is 12.6. The van der Waals surface area contributed by atoms with Crippen LogP contribution in [-0.2, 0) is 12.8 Å². The van der Waals surface area contributed by atoms with E-state index in [1.807, 2.05) is 6.07 Å². The third kappa shape index (κ3) is 2.43. The average molecular weight is 287 g/mol. The average Bonchev–Trinajstić information content (AvgIpc) is 2.88. The molecule has 2 aromatic rings. The van der Waals surface area contributed by atoms with E-state index in [2.05, 4.69) is 5.32 Å². The second-order valence-corrected chi connectivity index (χ2v) is 6.31. The molecule has 2 N–H and O–H groups in total. The number of rotatable bonds is 2. The molecule has 1 heterocycles. The van der Waals surface area contributed by atoms with E-state index < -0.39 is 0 Å². The Morgan fingerprint density at radius 1 is 1.30 bits per heavy atom. The fourth-order valence-electron chi connectivity index (χ4n) is 2.55. The van der Waals surface area contributed by atoms with Crippen molar-refractivity contribution in [2.75, 3.05) is 5.32 Å². The SMILES string of the molecule is Cc1c(O)cccc1NC(=O)c1cc2c(s1)CCCC2. The normalized spacial score (nSPS) is 13.8. The second kappa shape index (κ2) is 5.29. The van der Waals surface area contributed by atoms with Gasteiger partial charge in [0.1, 0.15) is 5.75 Å². The van der Waals surface area contributed by atoms with Crippen molar-refractivity contribution in [2.45, 2.75) is 32.6 Å². The summed E-state index contributed by atoms with van der Waals surface area (Å²) in [7, 11) is 0. The van der Waals surface area contributed by atoms with E-state index in [-0.39, 0.29) is 11.7 Å². The molecule has 0 radical (unpaired) electrons. The van der Waals surface area contributed by atoms with Crippen LogP contribution in [0.5, 0.6) is 5.75 Å². The van der Waals surface area contributed by atoms with Crippen molar-refractivity contribution in [3.63, 3.8) is 0 Å². The van der Waals surface area contributed by atoms with E-state index in [4.69, 9.17) is 0 Å². The molecule has 0 aliphatic heterocycles. The lowest BCUT2D eigenvalue weighted by Gasteiger charge is -2.08. The Morgan fingerprint density at radius 2 is 2.10 bits per heavy atom. The highest BCUT2D eigenvalue weighted by molar-refractivity contribution is 7.14. The lowest BCUT2D eigenvalue weighted by molar-refractivity contribution is 0.103. The van der Waals surface area contributed by atoms with Crippen LogP contribution in [0, 0.1) is 6.92 Å². The first-order valence-electron chi connectivity index (χ1n) is 6.86. The number of carbonyl (C=O) groups is 1. The van der Waals surface area contributed by atoms with Crippen LogP contribution in [0.1, 0.15) is 38.5 Å². The van der Waals surface area contributed by atoms with E-state index in [9.17, 15) is 9.90 Å². The number of thiophene rings is 1. The fraction of sp³-hybridized carbons (Fsp3) is 0.312. The molecule has 0 spiro atoms. The minimum Gasteiger partial charge on any atom is -0.508 e. The van der Waals surface area contributed by atoms with Crippen LogP contribution in [0.2, 0.25) is 0 Å². The maximum atomic E-state index is 12.3. The topological polar surface area (TPSA) is 49.3 Å². The Hall–Kier alpha value is -1.81. The zero-order valence-electron chi connectivity index (χ0n) is 11.4. The van der Waals surface area contributed by atoms with Gasteiger partial charge in [-0.1, -0.05) is 6.07 Å². The van der Waals surface area contributed by atoms with Gasteiger partial charge in [0.05, 0.1) is 4.88 Å². The molecule has 0 unspecified atom stereocenters. The van der Waals surface area contributed by atoms with Crippen LogP contribution < -0.4 is 5.32 Å². The highest BCUT2D eigenvalue weighted by atomic mass is 32.1. The minimum absolute atomic E-state index is 0.0851. The fourth-order valence-corrected chi connectivity index (χ4v) is 3.69. The largest absolute Gasteiger partial charge is 0.508 e. The summed E-state index contributed by atoms with van der Waals surface area (Å²) < 4.78 is 0. The number of aromatic hydroxyl groups is 1. The van der Waals surface area contributed by atoms with E-state index >= 15 is 0 Å². The van der Waals surface area contributed by atoms with Crippen molar-refractivity contribution in [2.24, 2.45) is 0 Å². The molecule has 0 atom stereocenters. The molecule has 0 bridgehead atoms. The second-order valence-electron chi connectivity index (χ2n) is 5.17. The molecular formula is C16H17NO2S. The molecule has 0 saturated heterocycles. The number of fused-ring (bicyclic) bond motifs is 1. The Bertz CT molecular complexity index is 637. The monoisotopic (exact) mass is 287 g/mol. The summed E-state index contributed by atoms with van der Waals surface area (Å²) in [6.07, 6.45) is 4.62. The third-order valence-electron chi connectivity index (χ3n) is 3.77. The molecule has 1 aromatic heterocycles. The molecule has 20 heavy (non-hydrogen) atoms. The summed E-state index contributed by atoms with van der Waals surface area (Å²) in [4.78, 5) is 14.4. The van der Waals surface area contributed by atoms with Crippen molar-refractivity contribution < 1.29 is 9.90 Å². The number of amides is 1. The third-order valence-corrected chi connectivity index (χ3v) is 5.01. The van der Waals surface area contributed by atoms with Crippen molar-refractivity contribution in [3.8, 4) is 5.75 Å². The van der Waals surface area contributed by atoms with Crippen LogP contribution in [0.3, 0.4) is 0 Å². The maximum Gasteiger partial charge on any atom is 0.265 e. The lowest BCUT2D eigenvalue weighted by atomic mass is 9.99. The number of nitrogens with one attached hydrogen (secondary N) is 1. The molecule has 3 rings (SSSR count). The molecule has 1 aromatic carbocycles. The highest BCUT2D eigenvalue weighted by Crippen LogP contribution is 2.31. The molecule has 104 valence electrons. The molecule has 0 fully saturated rings. The van der Waals surface area contributed by atoms with Crippen LogP contribution in [-0.4, -0.2) is 11.0 Å². The summed E-state index contributed by atoms with van der Waals surface area (Å²) in [5.41, 5.74) is 2.70. The first-order valence-corrected chi connectivity index (χ1v) is 7.68. The Morgan fingerprint density at radius 3 is 2.90 bits per heavy atom. The number of carbonyl (C=O) groups excluding carboxylic acids is 1. The van der Waals surface area contributed by atoms with Crippen LogP contribution >= 0.6 is 11.3 Å². The number of aryl methyl sites for hydroxylation is 2. The summed E-state index contributed by atoms with van der Waals surface area (Å²) in [5.74, 6) is 0.117. The lowest BCUT2D eigenvalue weighted by Crippen LogP contribution is -2.11. The van der Waals surface area contributed by atoms with Crippen molar-refractivity contribution >= 4 is 22.9 Å². The zero-order valence-corrected chi connectivity index (χ0v) is 12.2. The Labute approximate surface area is 122 Å². The van der Waals surface area contributed by atoms with Gasteiger partial charge in [0.25, 0.3) is 5.91 Å². The van der Waals surface area contributed by atoms with E-state index in [1.54, 1.807) is 36.5 Å².